The Labute approximate surface area is 86.6 Å². The number of aromatic nitrogens is 2. The standard InChI is InChI=1S/C8H14BrN3O/c1-6-8(9)7(12(3)10-6)5-11(2)13-4/h5H2,1-4H3. The third-order valence-electron chi connectivity index (χ3n) is 1.95. The molecule has 5 heteroatoms. The molecule has 1 aromatic heterocycles. The van der Waals surface area contributed by atoms with E-state index < -0.39 is 0 Å². The summed E-state index contributed by atoms with van der Waals surface area (Å²) in [5.41, 5.74) is 2.11. The number of rotatable bonds is 3. The second kappa shape index (κ2) is 4.21. The van der Waals surface area contributed by atoms with E-state index in [0.717, 1.165) is 15.9 Å². The van der Waals surface area contributed by atoms with Crippen molar-refractivity contribution in [2.24, 2.45) is 7.05 Å². The molecule has 0 amide bonds. The van der Waals surface area contributed by atoms with Gasteiger partial charge in [0.1, 0.15) is 0 Å². The molecule has 0 aliphatic heterocycles. The monoisotopic (exact) mass is 247 g/mol. The molecule has 0 aliphatic carbocycles. The third kappa shape index (κ3) is 2.30. The minimum Gasteiger partial charge on any atom is -0.302 e. The molecule has 4 nitrogen and oxygen atoms in total. The van der Waals surface area contributed by atoms with E-state index in [1.807, 2.05) is 25.7 Å². The van der Waals surface area contributed by atoms with Gasteiger partial charge in [-0.1, -0.05) is 0 Å². The van der Waals surface area contributed by atoms with Gasteiger partial charge >= 0.3 is 0 Å². The second-order valence-electron chi connectivity index (χ2n) is 2.94. The van der Waals surface area contributed by atoms with Crippen molar-refractivity contribution in [2.75, 3.05) is 14.2 Å². The topological polar surface area (TPSA) is 30.3 Å². The van der Waals surface area contributed by atoms with Gasteiger partial charge in [-0.2, -0.15) is 10.2 Å². The van der Waals surface area contributed by atoms with Crippen molar-refractivity contribution in [3.8, 4) is 0 Å². The van der Waals surface area contributed by atoms with Crippen molar-refractivity contribution >= 4 is 15.9 Å². The van der Waals surface area contributed by atoms with Crippen molar-refractivity contribution < 1.29 is 4.84 Å². The van der Waals surface area contributed by atoms with Crippen molar-refractivity contribution in [3.63, 3.8) is 0 Å². The molecule has 1 heterocycles. The van der Waals surface area contributed by atoms with Gasteiger partial charge in [0, 0.05) is 14.1 Å². The highest BCUT2D eigenvalue weighted by atomic mass is 79.9. The van der Waals surface area contributed by atoms with E-state index in [2.05, 4.69) is 21.0 Å². The summed E-state index contributed by atoms with van der Waals surface area (Å²) in [4.78, 5) is 5.04. The molecular weight excluding hydrogens is 234 g/mol. The van der Waals surface area contributed by atoms with Crippen molar-refractivity contribution in [3.05, 3.63) is 15.9 Å². The molecule has 0 atom stereocenters. The van der Waals surface area contributed by atoms with Gasteiger partial charge in [0.05, 0.1) is 29.5 Å². The van der Waals surface area contributed by atoms with Crippen LogP contribution in [0.3, 0.4) is 0 Å². The van der Waals surface area contributed by atoms with Crippen LogP contribution in [0.4, 0.5) is 0 Å². The molecule has 13 heavy (non-hydrogen) atoms. The summed E-state index contributed by atoms with van der Waals surface area (Å²) in [7, 11) is 5.46. The fourth-order valence-corrected chi connectivity index (χ4v) is 1.59. The van der Waals surface area contributed by atoms with Crippen LogP contribution in [0, 0.1) is 6.92 Å². The summed E-state index contributed by atoms with van der Waals surface area (Å²) in [6.07, 6.45) is 0. The van der Waals surface area contributed by atoms with Gasteiger partial charge in [-0.05, 0) is 22.9 Å². The van der Waals surface area contributed by atoms with Gasteiger partial charge in [0.15, 0.2) is 0 Å². The smallest absolute Gasteiger partial charge is 0.0739 e. The van der Waals surface area contributed by atoms with Gasteiger partial charge < -0.3 is 4.84 Å². The lowest BCUT2D eigenvalue weighted by Crippen LogP contribution is -2.18. The average Bonchev–Trinajstić information content (AvgIpc) is 2.32. The Balaban J connectivity index is 2.87. The molecule has 0 radical (unpaired) electrons. The molecular formula is C8H14BrN3O. The maximum atomic E-state index is 5.04. The SMILES string of the molecule is CON(C)Cc1c(Br)c(C)nn1C. The maximum absolute atomic E-state index is 5.04. The molecule has 0 spiro atoms. The summed E-state index contributed by atoms with van der Waals surface area (Å²) in [6.45, 7) is 2.69. The lowest BCUT2D eigenvalue weighted by molar-refractivity contribution is -0.118. The Kier molecular flexibility index (Phi) is 3.47. The number of halogens is 1. The van der Waals surface area contributed by atoms with Crippen molar-refractivity contribution in [1.29, 1.82) is 0 Å². The van der Waals surface area contributed by atoms with E-state index in [9.17, 15) is 0 Å². The highest BCUT2D eigenvalue weighted by molar-refractivity contribution is 9.10. The zero-order valence-corrected chi connectivity index (χ0v) is 9.92. The minimum atomic E-state index is 0.717. The first-order valence-corrected chi connectivity index (χ1v) is 4.78. The van der Waals surface area contributed by atoms with Crippen LogP contribution in [-0.2, 0) is 18.4 Å². The average molecular weight is 248 g/mol. The maximum Gasteiger partial charge on any atom is 0.0739 e. The van der Waals surface area contributed by atoms with E-state index in [1.54, 1.807) is 12.2 Å². The second-order valence-corrected chi connectivity index (χ2v) is 3.73. The molecule has 74 valence electrons. The molecule has 1 rings (SSSR count). The zero-order chi connectivity index (χ0) is 10.0. The highest BCUT2D eigenvalue weighted by Gasteiger charge is 2.11. The molecule has 0 saturated heterocycles. The first-order chi connectivity index (χ1) is 6.06. The van der Waals surface area contributed by atoms with Crippen LogP contribution in [0.15, 0.2) is 4.47 Å². The lowest BCUT2D eigenvalue weighted by Gasteiger charge is -2.13. The number of nitrogens with zero attached hydrogens (tertiary/aromatic N) is 3. The van der Waals surface area contributed by atoms with Crippen LogP contribution in [0.2, 0.25) is 0 Å². The summed E-state index contributed by atoms with van der Waals surface area (Å²) in [5, 5.41) is 6.04. The molecule has 0 aromatic carbocycles. The van der Waals surface area contributed by atoms with Gasteiger partial charge in [-0.15, -0.1) is 0 Å². The van der Waals surface area contributed by atoms with Gasteiger partial charge in [0.2, 0.25) is 0 Å². The van der Waals surface area contributed by atoms with Crippen LogP contribution in [0.5, 0.6) is 0 Å². The summed E-state index contributed by atoms with van der Waals surface area (Å²) >= 11 is 3.49. The predicted molar refractivity (Wildman–Crippen MR) is 54.1 cm³/mol. The first kappa shape index (κ1) is 10.7. The molecule has 0 N–H and O–H groups in total. The Bertz CT molecular complexity index is 298. The fourth-order valence-electron chi connectivity index (χ4n) is 1.13. The van der Waals surface area contributed by atoms with Crippen molar-refractivity contribution in [1.82, 2.24) is 14.8 Å². The van der Waals surface area contributed by atoms with Crippen molar-refractivity contribution in [2.45, 2.75) is 13.5 Å². The minimum absolute atomic E-state index is 0.717. The Morgan fingerprint density at radius 3 is 2.62 bits per heavy atom. The summed E-state index contributed by atoms with van der Waals surface area (Å²) in [5.74, 6) is 0. The molecule has 0 fully saturated rings. The zero-order valence-electron chi connectivity index (χ0n) is 8.33. The Hall–Kier alpha value is -0.390. The predicted octanol–water partition coefficient (Wildman–Crippen LogP) is 1.48. The van der Waals surface area contributed by atoms with Crippen LogP contribution < -0.4 is 0 Å². The number of aryl methyl sites for hydroxylation is 2. The van der Waals surface area contributed by atoms with Crippen LogP contribution in [0.25, 0.3) is 0 Å². The number of hydrogen-bond acceptors (Lipinski definition) is 3. The Morgan fingerprint density at radius 2 is 2.23 bits per heavy atom. The van der Waals surface area contributed by atoms with Crippen LogP contribution >= 0.6 is 15.9 Å². The number of hydrogen-bond donors (Lipinski definition) is 0. The van der Waals surface area contributed by atoms with Crippen LogP contribution in [0.1, 0.15) is 11.4 Å². The van der Waals surface area contributed by atoms with E-state index in [0.29, 0.717) is 6.54 Å². The fraction of sp³-hybridized carbons (Fsp3) is 0.625. The van der Waals surface area contributed by atoms with E-state index >= 15 is 0 Å². The molecule has 0 saturated carbocycles. The summed E-state index contributed by atoms with van der Waals surface area (Å²) in [6, 6.07) is 0. The summed E-state index contributed by atoms with van der Waals surface area (Å²) < 4.78 is 2.91. The Morgan fingerprint density at radius 1 is 1.62 bits per heavy atom. The van der Waals surface area contributed by atoms with Gasteiger partial charge in [-0.3, -0.25) is 4.68 Å². The molecule has 1 aromatic rings. The molecule has 0 aliphatic rings. The van der Waals surface area contributed by atoms with Gasteiger partial charge in [0.25, 0.3) is 0 Å². The van der Waals surface area contributed by atoms with E-state index in [1.165, 1.54) is 0 Å². The molecule has 0 bridgehead atoms. The third-order valence-corrected chi connectivity index (χ3v) is 2.98. The van der Waals surface area contributed by atoms with Gasteiger partial charge in [-0.25, -0.2) is 0 Å². The highest BCUT2D eigenvalue weighted by Crippen LogP contribution is 2.21. The van der Waals surface area contributed by atoms with E-state index in [4.69, 9.17) is 4.84 Å². The normalized spacial score (nSPS) is 11.2. The first-order valence-electron chi connectivity index (χ1n) is 3.99. The number of hydroxylamine groups is 2. The van der Waals surface area contributed by atoms with E-state index in [-0.39, 0.29) is 0 Å². The lowest BCUT2D eigenvalue weighted by atomic mass is 10.3. The van der Waals surface area contributed by atoms with Crippen LogP contribution in [-0.4, -0.2) is 29.0 Å². The quantitative estimate of drug-likeness (QED) is 0.759. The largest absolute Gasteiger partial charge is 0.302 e. The molecule has 0 unspecified atom stereocenters.